The van der Waals surface area contributed by atoms with Crippen LogP contribution in [-0.2, 0) is 14.3 Å². The summed E-state index contributed by atoms with van der Waals surface area (Å²) in [5.74, 6) is -0.237. The van der Waals surface area contributed by atoms with Gasteiger partial charge in [0.05, 0.1) is 11.4 Å². The predicted octanol–water partition coefficient (Wildman–Crippen LogP) is 0.298. The second-order valence-corrected chi connectivity index (χ2v) is 4.37. The van der Waals surface area contributed by atoms with Gasteiger partial charge in [0, 0.05) is 13.0 Å². The zero-order valence-electron chi connectivity index (χ0n) is 7.03. The Labute approximate surface area is 84.3 Å². The first kappa shape index (κ1) is 8.99. The molecule has 0 aromatic carbocycles. The van der Waals surface area contributed by atoms with Crippen LogP contribution in [0.3, 0.4) is 0 Å². The van der Waals surface area contributed by atoms with E-state index in [1.165, 1.54) is 0 Å². The number of esters is 1. The van der Waals surface area contributed by atoms with Gasteiger partial charge in [0.25, 0.3) is 0 Å². The van der Waals surface area contributed by atoms with E-state index in [2.05, 4.69) is 15.9 Å². The van der Waals surface area contributed by atoms with E-state index in [9.17, 15) is 9.59 Å². The standard InChI is InChI=1S/C8H10BrNO3/c9-5-1-3-10(7(5)11)6-2-4-13-8(6)12/h5-6H,1-4H2/t5-,6-/m1/s1. The number of alkyl halides is 1. The van der Waals surface area contributed by atoms with E-state index in [1.807, 2.05) is 0 Å². The fourth-order valence-electron chi connectivity index (χ4n) is 1.74. The van der Waals surface area contributed by atoms with Crippen LogP contribution in [0.2, 0.25) is 0 Å². The van der Waals surface area contributed by atoms with Crippen molar-refractivity contribution >= 4 is 27.8 Å². The van der Waals surface area contributed by atoms with E-state index < -0.39 is 0 Å². The molecular formula is C8H10BrNO3. The molecule has 72 valence electrons. The van der Waals surface area contributed by atoms with Gasteiger partial charge >= 0.3 is 5.97 Å². The van der Waals surface area contributed by atoms with E-state index in [-0.39, 0.29) is 22.7 Å². The van der Waals surface area contributed by atoms with Crippen molar-refractivity contribution in [1.29, 1.82) is 0 Å². The Morgan fingerprint density at radius 1 is 1.38 bits per heavy atom. The molecule has 0 spiro atoms. The number of carbonyl (C=O) groups is 2. The van der Waals surface area contributed by atoms with Gasteiger partial charge in [0.1, 0.15) is 6.04 Å². The SMILES string of the molecule is O=C1OCC[C@H]1N1CC[C@@H](Br)C1=O. The lowest BCUT2D eigenvalue weighted by atomic mass is 10.2. The Bertz CT molecular complexity index is 256. The molecule has 13 heavy (non-hydrogen) atoms. The number of hydrogen-bond acceptors (Lipinski definition) is 3. The van der Waals surface area contributed by atoms with E-state index in [0.29, 0.717) is 19.6 Å². The summed E-state index contributed by atoms with van der Waals surface area (Å²) in [6, 6.07) is -0.324. The average Bonchev–Trinajstić information content (AvgIpc) is 2.62. The molecule has 0 saturated carbocycles. The van der Waals surface area contributed by atoms with Gasteiger partial charge in [-0.05, 0) is 6.42 Å². The molecule has 0 radical (unpaired) electrons. The van der Waals surface area contributed by atoms with E-state index in [4.69, 9.17) is 4.74 Å². The lowest BCUT2D eigenvalue weighted by Crippen LogP contribution is -2.40. The van der Waals surface area contributed by atoms with Crippen molar-refractivity contribution in [2.75, 3.05) is 13.2 Å². The first-order valence-corrected chi connectivity index (χ1v) is 5.23. The third kappa shape index (κ3) is 1.45. The number of ether oxygens (including phenoxy) is 1. The van der Waals surface area contributed by atoms with Gasteiger partial charge in [-0.15, -0.1) is 0 Å². The second kappa shape index (κ2) is 3.29. The second-order valence-electron chi connectivity index (χ2n) is 3.26. The van der Waals surface area contributed by atoms with Crippen LogP contribution < -0.4 is 0 Å². The van der Waals surface area contributed by atoms with E-state index in [1.54, 1.807) is 4.90 Å². The number of halogens is 1. The summed E-state index contributed by atoms with van der Waals surface area (Å²) in [6.45, 7) is 1.11. The molecule has 2 heterocycles. The minimum atomic E-state index is -0.324. The molecule has 2 saturated heterocycles. The van der Waals surface area contributed by atoms with E-state index >= 15 is 0 Å². The zero-order valence-corrected chi connectivity index (χ0v) is 8.62. The van der Waals surface area contributed by atoms with E-state index in [0.717, 1.165) is 6.42 Å². The Morgan fingerprint density at radius 3 is 2.62 bits per heavy atom. The van der Waals surface area contributed by atoms with Crippen molar-refractivity contribution in [3.8, 4) is 0 Å². The third-order valence-corrected chi connectivity index (χ3v) is 3.31. The Hall–Kier alpha value is -0.580. The van der Waals surface area contributed by atoms with Crippen molar-refractivity contribution < 1.29 is 14.3 Å². The molecule has 2 rings (SSSR count). The van der Waals surface area contributed by atoms with Gasteiger partial charge in [-0.25, -0.2) is 4.79 Å². The smallest absolute Gasteiger partial charge is 0.328 e. The van der Waals surface area contributed by atoms with Crippen molar-refractivity contribution in [1.82, 2.24) is 4.90 Å². The highest BCUT2D eigenvalue weighted by atomic mass is 79.9. The Balaban J connectivity index is 2.09. The third-order valence-electron chi connectivity index (χ3n) is 2.46. The van der Waals surface area contributed by atoms with Crippen molar-refractivity contribution in [3.05, 3.63) is 0 Å². The lowest BCUT2D eigenvalue weighted by molar-refractivity contribution is -0.146. The highest BCUT2D eigenvalue weighted by Crippen LogP contribution is 2.24. The topological polar surface area (TPSA) is 46.6 Å². The largest absolute Gasteiger partial charge is 0.464 e. The summed E-state index contributed by atoms with van der Waals surface area (Å²) in [6.07, 6.45) is 1.42. The van der Waals surface area contributed by atoms with Crippen LogP contribution in [0.1, 0.15) is 12.8 Å². The molecule has 0 aromatic rings. The average molecular weight is 248 g/mol. The summed E-state index contributed by atoms with van der Waals surface area (Å²) in [5, 5.41) is 0. The van der Waals surface area contributed by atoms with Crippen LogP contribution in [0.15, 0.2) is 0 Å². The summed E-state index contributed by atoms with van der Waals surface area (Å²) in [4.78, 5) is 24.2. The highest BCUT2D eigenvalue weighted by molar-refractivity contribution is 9.10. The Kier molecular flexibility index (Phi) is 2.27. The van der Waals surface area contributed by atoms with Crippen LogP contribution in [0.4, 0.5) is 0 Å². The van der Waals surface area contributed by atoms with Crippen molar-refractivity contribution in [3.63, 3.8) is 0 Å². The molecule has 2 aliphatic heterocycles. The highest BCUT2D eigenvalue weighted by Gasteiger charge is 2.40. The summed E-state index contributed by atoms with van der Waals surface area (Å²) >= 11 is 3.27. The number of rotatable bonds is 1. The first-order chi connectivity index (χ1) is 6.20. The summed E-state index contributed by atoms with van der Waals surface area (Å²) in [5.41, 5.74) is 0. The molecule has 2 atom stereocenters. The van der Waals surface area contributed by atoms with Crippen LogP contribution in [0.5, 0.6) is 0 Å². The molecule has 0 bridgehead atoms. The lowest BCUT2D eigenvalue weighted by Gasteiger charge is -2.19. The quantitative estimate of drug-likeness (QED) is 0.495. The molecular weight excluding hydrogens is 238 g/mol. The van der Waals surface area contributed by atoms with Crippen molar-refractivity contribution in [2.45, 2.75) is 23.7 Å². The van der Waals surface area contributed by atoms with Crippen LogP contribution in [-0.4, -0.2) is 40.8 Å². The molecule has 0 unspecified atom stereocenters. The molecule has 4 nitrogen and oxygen atoms in total. The molecule has 0 aromatic heterocycles. The monoisotopic (exact) mass is 247 g/mol. The molecule has 5 heteroatoms. The van der Waals surface area contributed by atoms with Gasteiger partial charge < -0.3 is 9.64 Å². The minimum absolute atomic E-state index is 0.0175. The minimum Gasteiger partial charge on any atom is -0.464 e. The van der Waals surface area contributed by atoms with Crippen molar-refractivity contribution in [2.24, 2.45) is 0 Å². The number of likely N-dealkylation sites (tertiary alicyclic amines) is 1. The van der Waals surface area contributed by atoms with Gasteiger partial charge in [-0.2, -0.15) is 0 Å². The maximum Gasteiger partial charge on any atom is 0.328 e. The summed E-state index contributed by atoms with van der Waals surface area (Å²) < 4.78 is 4.81. The number of cyclic esters (lactones) is 1. The molecule has 2 aliphatic rings. The molecule has 2 fully saturated rings. The number of nitrogens with zero attached hydrogens (tertiary/aromatic N) is 1. The Morgan fingerprint density at radius 2 is 2.15 bits per heavy atom. The van der Waals surface area contributed by atoms with Crippen LogP contribution >= 0.6 is 15.9 Å². The molecule has 0 aliphatic carbocycles. The zero-order chi connectivity index (χ0) is 9.42. The fraction of sp³-hybridized carbons (Fsp3) is 0.750. The van der Waals surface area contributed by atoms with Gasteiger partial charge in [-0.1, -0.05) is 15.9 Å². The van der Waals surface area contributed by atoms with Gasteiger partial charge in [-0.3, -0.25) is 4.79 Å². The maximum atomic E-state index is 11.5. The number of hydrogen-bond donors (Lipinski definition) is 0. The molecule has 0 N–H and O–H groups in total. The van der Waals surface area contributed by atoms with Gasteiger partial charge in [0.2, 0.25) is 5.91 Å². The van der Waals surface area contributed by atoms with Crippen LogP contribution in [0, 0.1) is 0 Å². The number of carbonyl (C=O) groups excluding carboxylic acids is 2. The summed E-state index contributed by atoms with van der Waals surface area (Å²) in [7, 11) is 0. The van der Waals surface area contributed by atoms with Gasteiger partial charge in [0.15, 0.2) is 0 Å². The molecule has 1 amide bonds. The van der Waals surface area contributed by atoms with Crippen LogP contribution in [0.25, 0.3) is 0 Å². The predicted molar refractivity (Wildman–Crippen MR) is 48.4 cm³/mol. The fourth-order valence-corrected chi connectivity index (χ4v) is 2.21. The maximum absolute atomic E-state index is 11.5. The number of amides is 1. The normalized spacial score (nSPS) is 34.1. The first-order valence-electron chi connectivity index (χ1n) is 4.31.